The molecule has 0 aromatic carbocycles. The molecule has 1 heterocycles. The van der Waals surface area contributed by atoms with Crippen molar-refractivity contribution in [3.63, 3.8) is 0 Å². The van der Waals surface area contributed by atoms with Crippen LogP contribution in [-0.2, 0) is 11.3 Å². The Bertz CT molecular complexity index is 351. The SMILES string of the molecule is Cc1ncsc1CN(C)C(=O)CCCCCN. The number of nitrogens with zero attached hydrogens (tertiary/aromatic N) is 2. The molecule has 0 bridgehead atoms. The predicted molar refractivity (Wildman–Crippen MR) is 70.8 cm³/mol. The van der Waals surface area contributed by atoms with Crippen molar-refractivity contribution in [1.82, 2.24) is 9.88 Å². The van der Waals surface area contributed by atoms with Gasteiger partial charge in [0.05, 0.1) is 17.7 Å². The molecule has 0 saturated carbocycles. The molecule has 96 valence electrons. The monoisotopic (exact) mass is 255 g/mol. The molecule has 0 radical (unpaired) electrons. The number of carbonyl (C=O) groups is 1. The number of carbonyl (C=O) groups excluding carboxylic acids is 1. The molecule has 0 spiro atoms. The summed E-state index contributed by atoms with van der Waals surface area (Å²) < 4.78 is 0. The number of hydrogen-bond acceptors (Lipinski definition) is 4. The molecule has 0 aliphatic heterocycles. The van der Waals surface area contributed by atoms with E-state index < -0.39 is 0 Å². The van der Waals surface area contributed by atoms with Gasteiger partial charge in [0.1, 0.15) is 0 Å². The second-order valence-corrected chi connectivity index (χ2v) is 5.15. The molecule has 4 nitrogen and oxygen atoms in total. The lowest BCUT2D eigenvalue weighted by atomic mass is 10.2. The number of amides is 1. The molecule has 0 aliphatic carbocycles. The van der Waals surface area contributed by atoms with Gasteiger partial charge in [0.2, 0.25) is 5.91 Å². The second-order valence-electron chi connectivity index (χ2n) is 4.21. The smallest absolute Gasteiger partial charge is 0.222 e. The summed E-state index contributed by atoms with van der Waals surface area (Å²) in [4.78, 5) is 19.0. The third-order valence-corrected chi connectivity index (χ3v) is 3.67. The first kappa shape index (κ1) is 14.1. The van der Waals surface area contributed by atoms with Gasteiger partial charge in [0.25, 0.3) is 0 Å². The number of hydrogen-bond donors (Lipinski definition) is 1. The topological polar surface area (TPSA) is 59.2 Å². The minimum atomic E-state index is 0.204. The van der Waals surface area contributed by atoms with Crippen LogP contribution >= 0.6 is 11.3 Å². The van der Waals surface area contributed by atoms with Crippen LogP contribution in [0.5, 0.6) is 0 Å². The normalized spacial score (nSPS) is 10.5. The molecule has 17 heavy (non-hydrogen) atoms. The Morgan fingerprint density at radius 2 is 2.24 bits per heavy atom. The first-order chi connectivity index (χ1) is 8.15. The van der Waals surface area contributed by atoms with E-state index in [4.69, 9.17) is 5.73 Å². The summed E-state index contributed by atoms with van der Waals surface area (Å²) in [6.45, 7) is 3.36. The summed E-state index contributed by atoms with van der Waals surface area (Å²) in [6, 6.07) is 0. The summed E-state index contributed by atoms with van der Waals surface area (Å²) in [5.74, 6) is 0.204. The Balaban J connectivity index is 2.30. The third-order valence-electron chi connectivity index (χ3n) is 2.75. The third kappa shape index (κ3) is 4.83. The highest BCUT2D eigenvalue weighted by Gasteiger charge is 2.11. The Morgan fingerprint density at radius 3 is 2.82 bits per heavy atom. The molecule has 0 atom stereocenters. The number of thiazole rings is 1. The van der Waals surface area contributed by atoms with Crippen LogP contribution < -0.4 is 5.73 Å². The molecular formula is C12H21N3OS. The van der Waals surface area contributed by atoms with E-state index in [-0.39, 0.29) is 5.91 Å². The largest absolute Gasteiger partial charge is 0.341 e. The summed E-state index contributed by atoms with van der Waals surface area (Å²) in [5, 5.41) is 0. The maximum atomic E-state index is 11.8. The van der Waals surface area contributed by atoms with Crippen LogP contribution in [0.25, 0.3) is 0 Å². The highest BCUT2D eigenvalue weighted by atomic mass is 32.1. The Hall–Kier alpha value is -0.940. The van der Waals surface area contributed by atoms with E-state index in [1.807, 2.05) is 19.5 Å². The summed E-state index contributed by atoms with van der Waals surface area (Å²) >= 11 is 1.61. The van der Waals surface area contributed by atoms with Gasteiger partial charge < -0.3 is 10.6 Å². The maximum absolute atomic E-state index is 11.8. The highest BCUT2D eigenvalue weighted by Crippen LogP contribution is 2.15. The first-order valence-corrected chi connectivity index (χ1v) is 6.86. The van der Waals surface area contributed by atoms with Crippen molar-refractivity contribution in [1.29, 1.82) is 0 Å². The Kier molecular flexibility index (Phi) is 6.15. The first-order valence-electron chi connectivity index (χ1n) is 5.98. The second kappa shape index (κ2) is 7.40. The molecule has 0 saturated heterocycles. The number of aryl methyl sites for hydroxylation is 1. The van der Waals surface area contributed by atoms with Crippen molar-refractivity contribution in [3.8, 4) is 0 Å². The Morgan fingerprint density at radius 1 is 1.47 bits per heavy atom. The minimum Gasteiger partial charge on any atom is -0.341 e. The zero-order valence-electron chi connectivity index (χ0n) is 10.6. The molecule has 1 aromatic heterocycles. The average molecular weight is 255 g/mol. The fourth-order valence-electron chi connectivity index (χ4n) is 1.57. The molecule has 5 heteroatoms. The van der Waals surface area contributed by atoms with E-state index in [1.54, 1.807) is 16.2 Å². The standard InChI is InChI=1S/C12H21N3OS/c1-10-11(17-9-14-10)8-15(2)12(16)6-4-3-5-7-13/h9H,3-8,13H2,1-2H3. The van der Waals surface area contributed by atoms with Crippen LogP contribution in [0.4, 0.5) is 0 Å². The Labute approximate surface area is 107 Å². The average Bonchev–Trinajstić information content (AvgIpc) is 2.70. The van der Waals surface area contributed by atoms with E-state index in [0.29, 0.717) is 19.5 Å². The summed E-state index contributed by atoms with van der Waals surface area (Å²) in [5.41, 5.74) is 8.26. The van der Waals surface area contributed by atoms with Crippen molar-refractivity contribution in [2.45, 2.75) is 39.2 Å². The zero-order chi connectivity index (χ0) is 12.7. The van der Waals surface area contributed by atoms with E-state index >= 15 is 0 Å². The van der Waals surface area contributed by atoms with Crippen LogP contribution in [0.1, 0.15) is 36.3 Å². The fraction of sp³-hybridized carbons (Fsp3) is 0.667. The van der Waals surface area contributed by atoms with Crippen LogP contribution in [0, 0.1) is 6.92 Å². The molecule has 1 aromatic rings. The van der Waals surface area contributed by atoms with Gasteiger partial charge in [-0.1, -0.05) is 6.42 Å². The molecule has 0 fully saturated rings. The van der Waals surface area contributed by atoms with Gasteiger partial charge >= 0.3 is 0 Å². The van der Waals surface area contributed by atoms with Crippen molar-refractivity contribution in [2.75, 3.05) is 13.6 Å². The molecule has 1 rings (SSSR count). The van der Waals surface area contributed by atoms with Gasteiger partial charge in [0, 0.05) is 18.3 Å². The van der Waals surface area contributed by atoms with E-state index in [2.05, 4.69) is 4.98 Å². The predicted octanol–water partition coefficient (Wildman–Crippen LogP) is 1.93. The van der Waals surface area contributed by atoms with Crippen molar-refractivity contribution >= 4 is 17.2 Å². The summed E-state index contributed by atoms with van der Waals surface area (Å²) in [7, 11) is 1.85. The minimum absolute atomic E-state index is 0.204. The van der Waals surface area contributed by atoms with E-state index in [9.17, 15) is 4.79 Å². The van der Waals surface area contributed by atoms with E-state index in [1.165, 1.54) is 4.88 Å². The molecule has 2 N–H and O–H groups in total. The van der Waals surface area contributed by atoms with Gasteiger partial charge in [-0.2, -0.15) is 0 Å². The summed E-state index contributed by atoms with van der Waals surface area (Å²) in [6.07, 6.45) is 3.59. The molecule has 0 unspecified atom stereocenters. The fourth-order valence-corrected chi connectivity index (χ4v) is 2.40. The molecule has 1 amide bonds. The molecular weight excluding hydrogens is 234 g/mol. The van der Waals surface area contributed by atoms with Crippen LogP contribution in [0.2, 0.25) is 0 Å². The van der Waals surface area contributed by atoms with Crippen molar-refractivity contribution in [2.24, 2.45) is 5.73 Å². The lowest BCUT2D eigenvalue weighted by molar-refractivity contribution is -0.130. The van der Waals surface area contributed by atoms with Gasteiger partial charge in [-0.3, -0.25) is 4.79 Å². The van der Waals surface area contributed by atoms with Crippen LogP contribution in [0.3, 0.4) is 0 Å². The lowest BCUT2D eigenvalue weighted by Crippen LogP contribution is -2.25. The van der Waals surface area contributed by atoms with Gasteiger partial charge in [-0.15, -0.1) is 11.3 Å². The van der Waals surface area contributed by atoms with Crippen molar-refractivity contribution in [3.05, 3.63) is 16.1 Å². The number of aromatic nitrogens is 1. The van der Waals surface area contributed by atoms with Crippen LogP contribution in [-0.4, -0.2) is 29.4 Å². The number of rotatable bonds is 7. The zero-order valence-corrected chi connectivity index (χ0v) is 11.4. The molecule has 0 aliphatic rings. The van der Waals surface area contributed by atoms with Gasteiger partial charge in [-0.25, -0.2) is 4.98 Å². The van der Waals surface area contributed by atoms with Gasteiger partial charge in [0.15, 0.2) is 0 Å². The number of nitrogens with two attached hydrogens (primary N) is 1. The van der Waals surface area contributed by atoms with E-state index in [0.717, 1.165) is 25.0 Å². The van der Waals surface area contributed by atoms with Crippen molar-refractivity contribution < 1.29 is 4.79 Å². The van der Waals surface area contributed by atoms with Crippen LogP contribution in [0.15, 0.2) is 5.51 Å². The van der Waals surface area contributed by atoms with Gasteiger partial charge in [-0.05, 0) is 26.3 Å². The number of unbranched alkanes of at least 4 members (excludes halogenated alkanes) is 2. The maximum Gasteiger partial charge on any atom is 0.222 e. The lowest BCUT2D eigenvalue weighted by Gasteiger charge is -2.16. The highest BCUT2D eigenvalue weighted by molar-refractivity contribution is 7.09. The quantitative estimate of drug-likeness (QED) is 0.757.